The van der Waals surface area contributed by atoms with Gasteiger partial charge in [-0.2, -0.15) is 0 Å². The average Bonchev–Trinajstić information content (AvgIpc) is 2.75. The van der Waals surface area contributed by atoms with E-state index in [2.05, 4.69) is 35.9 Å². The van der Waals surface area contributed by atoms with Crippen molar-refractivity contribution in [2.45, 2.75) is 103 Å². The second-order valence-electron chi connectivity index (χ2n) is 7.52. The number of unbranched alkanes of at least 4 members (excludes halogenated alkanes) is 10. The minimum Gasteiger partial charge on any atom is -0.461 e. The molecule has 1 aromatic rings. The fourth-order valence-electron chi connectivity index (χ4n) is 3.02. The van der Waals surface area contributed by atoms with Gasteiger partial charge in [0.15, 0.2) is 0 Å². The highest BCUT2D eigenvalue weighted by molar-refractivity contribution is 5.69. The normalized spacial score (nSPS) is 10.7. The molecule has 0 spiro atoms. The van der Waals surface area contributed by atoms with Crippen LogP contribution in [0.25, 0.3) is 0 Å². The third-order valence-corrected chi connectivity index (χ3v) is 4.79. The lowest BCUT2D eigenvalue weighted by Gasteiger charge is -2.05. The smallest absolute Gasteiger partial charge is 0.306 e. The van der Waals surface area contributed by atoms with E-state index in [0.29, 0.717) is 13.0 Å². The number of pyridine rings is 1. The number of carbonyl (C=O) groups is 1. The second-order valence-corrected chi connectivity index (χ2v) is 7.52. The minimum absolute atomic E-state index is 0.105. The van der Waals surface area contributed by atoms with Crippen LogP contribution in [-0.2, 0) is 16.1 Å². The summed E-state index contributed by atoms with van der Waals surface area (Å²) in [5.74, 6) is 6.37. The third-order valence-electron chi connectivity index (χ3n) is 4.79. The Hall–Kier alpha value is -2.08. The van der Waals surface area contributed by atoms with E-state index in [9.17, 15) is 4.79 Å². The summed E-state index contributed by atoms with van der Waals surface area (Å²) in [5, 5.41) is 0. The highest BCUT2D eigenvalue weighted by Crippen LogP contribution is 2.11. The Morgan fingerprint density at radius 1 is 1.00 bits per heavy atom. The van der Waals surface area contributed by atoms with Crippen LogP contribution in [-0.4, -0.2) is 11.0 Å². The summed E-state index contributed by atoms with van der Waals surface area (Å²) in [6.07, 6.45) is 23.7. The molecule has 0 unspecified atom stereocenters. The maximum absolute atomic E-state index is 11.7. The molecule has 0 fully saturated rings. The van der Waals surface area contributed by atoms with Crippen LogP contribution in [0.15, 0.2) is 36.7 Å². The van der Waals surface area contributed by atoms with Crippen LogP contribution in [0.5, 0.6) is 0 Å². The van der Waals surface area contributed by atoms with E-state index >= 15 is 0 Å². The lowest BCUT2D eigenvalue weighted by atomic mass is 10.1. The van der Waals surface area contributed by atoms with Gasteiger partial charge in [-0.3, -0.25) is 9.78 Å². The fraction of sp³-hybridized carbons (Fsp3) is 0.615. The SMILES string of the molecule is CCCCCC#CC/C=C\CCCCCCCCCC(=O)OCc1cccnc1. The molecule has 0 atom stereocenters. The summed E-state index contributed by atoms with van der Waals surface area (Å²) in [4.78, 5) is 15.7. The number of nitrogens with zero attached hydrogens (tertiary/aromatic N) is 1. The van der Waals surface area contributed by atoms with Gasteiger partial charge in [0.05, 0.1) is 0 Å². The zero-order valence-corrected chi connectivity index (χ0v) is 18.3. The van der Waals surface area contributed by atoms with Gasteiger partial charge in [-0.05, 0) is 31.7 Å². The molecule has 0 aliphatic rings. The molecule has 160 valence electrons. The first-order chi connectivity index (χ1) is 14.3. The summed E-state index contributed by atoms with van der Waals surface area (Å²) in [6.45, 7) is 2.55. The molecule has 29 heavy (non-hydrogen) atoms. The molecule has 0 aliphatic heterocycles. The van der Waals surface area contributed by atoms with Gasteiger partial charge in [-0.1, -0.05) is 76.0 Å². The molecule has 0 saturated heterocycles. The van der Waals surface area contributed by atoms with Crippen molar-refractivity contribution < 1.29 is 9.53 Å². The molecular weight excluding hydrogens is 358 g/mol. The van der Waals surface area contributed by atoms with E-state index in [-0.39, 0.29) is 5.97 Å². The van der Waals surface area contributed by atoms with E-state index in [1.807, 2.05) is 12.1 Å². The molecule has 0 saturated carbocycles. The molecule has 3 heteroatoms. The van der Waals surface area contributed by atoms with Crippen LogP contribution in [0.3, 0.4) is 0 Å². The van der Waals surface area contributed by atoms with Crippen LogP contribution in [0, 0.1) is 11.8 Å². The van der Waals surface area contributed by atoms with Crippen molar-refractivity contribution in [3.63, 3.8) is 0 Å². The molecule has 0 radical (unpaired) electrons. The van der Waals surface area contributed by atoms with Crippen molar-refractivity contribution in [2.24, 2.45) is 0 Å². The molecule has 0 amide bonds. The lowest BCUT2D eigenvalue weighted by molar-refractivity contribution is -0.145. The van der Waals surface area contributed by atoms with Gasteiger partial charge >= 0.3 is 5.97 Å². The molecule has 3 nitrogen and oxygen atoms in total. The van der Waals surface area contributed by atoms with Gasteiger partial charge in [0.1, 0.15) is 6.61 Å². The van der Waals surface area contributed by atoms with Crippen LogP contribution in [0.2, 0.25) is 0 Å². The van der Waals surface area contributed by atoms with E-state index in [4.69, 9.17) is 4.74 Å². The van der Waals surface area contributed by atoms with E-state index < -0.39 is 0 Å². The monoisotopic (exact) mass is 397 g/mol. The summed E-state index contributed by atoms with van der Waals surface area (Å²) in [7, 11) is 0. The van der Waals surface area contributed by atoms with Gasteiger partial charge in [0.25, 0.3) is 0 Å². The van der Waals surface area contributed by atoms with Crippen molar-refractivity contribution in [3.8, 4) is 11.8 Å². The van der Waals surface area contributed by atoms with Gasteiger partial charge < -0.3 is 4.74 Å². The lowest BCUT2D eigenvalue weighted by Crippen LogP contribution is -2.04. The van der Waals surface area contributed by atoms with Crippen LogP contribution in [0.4, 0.5) is 0 Å². The standard InChI is InChI=1S/C26H39NO2/c1-2-3-4-5-6-7-8-9-10-11-12-13-14-15-16-17-18-21-26(28)29-24-25-20-19-22-27-23-25/h9-10,19-20,22-23H,2-5,8,11-18,21,24H2,1H3/b10-9-. The number of rotatable bonds is 16. The zero-order chi connectivity index (χ0) is 20.8. The molecule has 1 heterocycles. The first kappa shape index (κ1) is 25.0. The molecular formula is C26H39NO2. The topological polar surface area (TPSA) is 39.2 Å². The summed E-state index contributed by atoms with van der Waals surface area (Å²) in [6, 6.07) is 3.77. The van der Waals surface area contributed by atoms with Crippen LogP contribution < -0.4 is 0 Å². The van der Waals surface area contributed by atoms with Gasteiger partial charge in [0.2, 0.25) is 0 Å². The molecule has 1 rings (SSSR count). The van der Waals surface area contributed by atoms with Crippen molar-refractivity contribution >= 4 is 5.97 Å². The largest absolute Gasteiger partial charge is 0.461 e. The Morgan fingerprint density at radius 3 is 2.55 bits per heavy atom. The molecule has 0 aromatic carbocycles. The second kappa shape index (κ2) is 19.2. The number of ether oxygens (including phenoxy) is 1. The predicted octanol–water partition coefficient (Wildman–Crippen LogP) is 7.17. The van der Waals surface area contributed by atoms with Gasteiger partial charge in [-0.15, -0.1) is 5.92 Å². The Balaban J connectivity index is 1.82. The predicted molar refractivity (Wildman–Crippen MR) is 121 cm³/mol. The molecule has 0 aliphatic carbocycles. The van der Waals surface area contributed by atoms with E-state index in [1.165, 1.54) is 57.8 Å². The van der Waals surface area contributed by atoms with E-state index in [1.54, 1.807) is 12.4 Å². The Morgan fingerprint density at radius 2 is 1.79 bits per heavy atom. The van der Waals surface area contributed by atoms with E-state index in [0.717, 1.165) is 31.2 Å². The Kier molecular flexibility index (Phi) is 16.6. The number of allylic oxidation sites excluding steroid dienone is 2. The molecule has 0 N–H and O–H groups in total. The zero-order valence-electron chi connectivity index (χ0n) is 18.3. The first-order valence-electron chi connectivity index (χ1n) is 11.5. The van der Waals surface area contributed by atoms with Crippen LogP contribution >= 0.6 is 0 Å². The maximum atomic E-state index is 11.7. The average molecular weight is 398 g/mol. The third kappa shape index (κ3) is 16.6. The Labute approximate surface area is 178 Å². The quantitative estimate of drug-likeness (QED) is 0.128. The summed E-state index contributed by atoms with van der Waals surface area (Å²) in [5.41, 5.74) is 0.936. The van der Waals surface area contributed by atoms with Gasteiger partial charge in [-0.25, -0.2) is 0 Å². The number of esters is 1. The van der Waals surface area contributed by atoms with Crippen LogP contribution in [0.1, 0.15) is 102 Å². The first-order valence-corrected chi connectivity index (χ1v) is 11.5. The van der Waals surface area contributed by atoms with Gasteiger partial charge in [0, 0.05) is 37.2 Å². The number of hydrogen-bond donors (Lipinski definition) is 0. The minimum atomic E-state index is -0.105. The number of aromatic nitrogens is 1. The summed E-state index contributed by atoms with van der Waals surface area (Å²) >= 11 is 0. The van der Waals surface area contributed by atoms with Crippen molar-refractivity contribution in [3.05, 3.63) is 42.2 Å². The maximum Gasteiger partial charge on any atom is 0.306 e. The summed E-state index contributed by atoms with van der Waals surface area (Å²) < 4.78 is 5.26. The van der Waals surface area contributed by atoms with Crippen molar-refractivity contribution in [1.29, 1.82) is 0 Å². The highest BCUT2D eigenvalue weighted by atomic mass is 16.5. The Bertz CT molecular complexity index is 598. The highest BCUT2D eigenvalue weighted by Gasteiger charge is 2.03. The van der Waals surface area contributed by atoms with Crippen molar-refractivity contribution in [1.82, 2.24) is 4.98 Å². The molecule has 1 aromatic heterocycles. The number of carbonyl (C=O) groups excluding carboxylic acids is 1. The van der Waals surface area contributed by atoms with Crippen molar-refractivity contribution in [2.75, 3.05) is 0 Å². The fourth-order valence-corrected chi connectivity index (χ4v) is 3.02. The number of hydrogen-bond acceptors (Lipinski definition) is 3. The molecule has 0 bridgehead atoms.